The number of carbonyl (C=O) groups is 1. The van der Waals surface area contributed by atoms with Crippen molar-refractivity contribution in [1.82, 2.24) is 5.32 Å². The van der Waals surface area contributed by atoms with Gasteiger partial charge in [-0.05, 0) is 30.7 Å². The summed E-state index contributed by atoms with van der Waals surface area (Å²) in [6, 6.07) is 14.0. The molecule has 2 N–H and O–H groups in total. The molecule has 2 amide bonds. The first-order chi connectivity index (χ1) is 10.7. The van der Waals surface area contributed by atoms with E-state index in [1.807, 2.05) is 12.1 Å². The summed E-state index contributed by atoms with van der Waals surface area (Å²) in [4.78, 5) is 11.7. The summed E-state index contributed by atoms with van der Waals surface area (Å²) in [6.45, 7) is 0.955. The number of halogens is 2. The minimum atomic E-state index is -0.300. The summed E-state index contributed by atoms with van der Waals surface area (Å²) < 4.78 is 5.53. The smallest absolute Gasteiger partial charge is 0.319 e. The van der Waals surface area contributed by atoms with E-state index < -0.39 is 0 Å². The van der Waals surface area contributed by atoms with Gasteiger partial charge < -0.3 is 15.4 Å². The van der Waals surface area contributed by atoms with E-state index in [4.69, 9.17) is 27.9 Å². The van der Waals surface area contributed by atoms with Gasteiger partial charge in [0.25, 0.3) is 0 Å². The number of benzene rings is 2. The third kappa shape index (κ3) is 5.13. The second-order valence-corrected chi connectivity index (χ2v) is 5.31. The summed E-state index contributed by atoms with van der Waals surface area (Å²) in [5, 5.41) is 6.50. The van der Waals surface area contributed by atoms with Gasteiger partial charge in [-0.15, -0.1) is 0 Å². The number of carbonyl (C=O) groups excluding carboxylic acids is 1. The zero-order valence-corrected chi connectivity index (χ0v) is 13.3. The Bertz CT molecular complexity index is 635. The molecule has 0 spiro atoms. The van der Waals surface area contributed by atoms with Crippen molar-refractivity contribution in [2.75, 3.05) is 18.5 Å². The Hall–Kier alpha value is -1.91. The van der Waals surface area contributed by atoms with Crippen LogP contribution in [-0.4, -0.2) is 19.2 Å². The van der Waals surface area contributed by atoms with Gasteiger partial charge in [0.15, 0.2) is 0 Å². The van der Waals surface area contributed by atoms with Crippen molar-refractivity contribution < 1.29 is 9.53 Å². The molecule has 0 unspecified atom stereocenters. The van der Waals surface area contributed by atoms with Crippen molar-refractivity contribution in [1.29, 1.82) is 0 Å². The van der Waals surface area contributed by atoms with Gasteiger partial charge in [-0.2, -0.15) is 0 Å². The van der Waals surface area contributed by atoms with Crippen molar-refractivity contribution in [3.8, 4) is 5.75 Å². The molecule has 0 bridgehead atoms. The van der Waals surface area contributed by atoms with E-state index in [1.165, 1.54) is 0 Å². The van der Waals surface area contributed by atoms with Crippen LogP contribution in [0.1, 0.15) is 6.42 Å². The quantitative estimate of drug-likeness (QED) is 0.757. The summed E-state index contributed by atoms with van der Waals surface area (Å²) in [6.07, 6.45) is 0.668. The number of ether oxygens (including phenoxy) is 1. The minimum Gasteiger partial charge on any atom is -0.492 e. The van der Waals surface area contributed by atoms with Gasteiger partial charge in [0.1, 0.15) is 5.75 Å². The molecular weight excluding hydrogens is 323 g/mol. The highest BCUT2D eigenvalue weighted by Gasteiger charge is 2.04. The first kappa shape index (κ1) is 16.5. The van der Waals surface area contributed by atoms with E-state index >= 15 is 0 Å². The predicted molar refractivity (Wildman–Crippen MR) is 90.0 cm³/mol. The molecule has 0 aliphatic heterocycles. The molecule has 4 nitrogen and oxygen atoms in total. The Morgan fingerprint density at radius 2 is 1.68 bits per heavy atom. The van der Waals surface area contributed by atoms with E-state index in [2.05, 4.69) is 10.6 Å². The van der Waals surface area contributed by atoms with Gasteiger partial charge in [0.05, 0.1) is 22.3 Å². The van der Waals surface area contributed by atoms with E-state index in [0.29, 0.717) is 41.1 Å². The highest BCUT2D eigenvalue weighted by atomic mass is 35.5. The average Bonchev–Trinajstić information content (AvgIpc) is 2.51. The molecule has 0 saturated carbocycles. The number of urea groups is 1. The maximum absolute atomic E-state index is 11.7. The number of hydrogen-bond donors (Lipinski definition) is 2. The highest BCUT2D eigenvalue weighted by Crippen LogP contribution is 2.23. The molecule has 116 valence electrons. The van der Waals surface area contributed by atoms with E-state index in [9.17, 15) is 4.79 Å². The minimum absolute atomic E-state index is 0.300. The topological polar surface area (TPSA) is 50.4 Å². The Kier molecular flexibility index (Phi) is 6.37. The molecule has 0 aliphatic carbocycles. The molecular formula is C16H16Cl2N2O2. The maximum atomic E-state index is 11.7. The lowest BCUT2D eigenvalue weighted by Gasteiger charge is -2.10. The van der Waals surface area contributed by atoms with Crippen molar-refractivity contribution in [2.24, 2.45) is 0 Å². The van der Waals surface area contributed by atoms with E-state index in [-0.39, 0.29) is 6.03 Å². The lowest BCUT2D eigenvalue weighted by molar-refractivity contribution is 0.250. The van der Waals surface area contributed by atoms with Gasteiger partial charge in [-0.1, -0.05) is 47.5 Å². The first-order valence-corrected chi connectivity index (χ1v) is 7.59. The van der Waals surface area contributed by atoms with Crippen LogP contribution < -0.4 is 15.4 Å². The second kappa shape index (κ2) is 8.51. The Balaban J connectivity index is 1.65. The lowest BCUT2D eigenvalue weighted by atomic mass is 10.3. The molecule has 0 aliphatic rings. The normalized spacial score (nSPS) is 10.1. The fourth-order valence-corrected chi connectivity index (χ4v) is 2.12. The van der Waals surface area contributed by atoms with Gasteiger partial charge in [-0.3, -0.25) is 0 Å². The summed E-state index contributed by atoms with van der Waals surface area (Å²) >= 11 is 11.9. The zero-order chi connectivity index (χ0) is 15.8. The number of nitrogens with one attached hydrogen (secondary N) is 2. The fourth-order valence-electron chi connectivity index (χ4n) is 1.75. The molecule has 0 radical (unpaired) electrons. The van der Waals surface area contributed by atoms with Crippen molar-refractivity contribution >= 4 is 34.9 Å². The summed E-state index contributed by atoms with van der Waals surface area (Å²) in [7, 11) is 0. The molecule has 0 atom stereocenters. The van der Waals surface area contributed by atoms with Gasteiger partial charge in [0.2, 0.25) is 0 Å². The maximum Gasteiger partial charge on any atom is 0.319 e. The van der Waals surface area contributed by atoms with Gasteiger partial charge >= 0.3 is 6.03 Å². The Morgan fingerprint density at radius 1 is 1.00 bits per heavy atom. The van der Waals surface area contributed by atoms with Crippen LogP contribution in [0.4, 0.5) is 10.5 Å². The number of amides is 2. The van der Waals surface area contributed by atoms with Crippen LogP contribution in [0.5, 0.6) is 5.75 Å². The first-order valence-electron chi connectivity index (χ1n) is 6.83. The van der Waals surface area contributed by atoms with Crippen molar-refractivity contribution in [2.45, 2.75) is 6.42 Å². The van der Waals surface area contributed by atoms with Crippen LogP contribution >= 0.6 is 23.2 Å². The molecule has 0 heterocycles. The second-order valence-electron chi connectivity index (χ2n) is 4.49. The van der Waals surface area contributed by atoms with Gasteiger partial charge in [0, 0.05) is 6.54 Å². The average molecular weight is 339 g/mol. The van der Waals surface area contributed by atoms with Crippen LogP contribution in [0.15, 0.2) is 48.5 Å². The fraction of sp³-hybridized carbons (Fsp3) is 0.188. The largest absolute Gasteiger partial charge is 0.492 e. The molecule has 6 heteroatoms. The van der Waals surface area contributed by atoms with Gasteiger partial charge in [-0.25, -0.2) is 4.79 Å². The molecule has 22 heavy (non-hydrogen) atoms. The zero-order valence-electron chi connectivity index (χ0n) is 11.8. The molecule has 2 aromatic carbocycles. The Morgan fingerprint density at radius 3 is 2.41 bits per heavy atom. The number of rotatable bonds is 6. The third-order valence-corrected chi connectivity index (χ3v) is 3.46. The van der Waals surface area contributed by atoms with Crippen LogP contribution in [0, 0.1) is 0 Å². The van der Waals surface area contributed by atoms with E-state index in [0.717, 1.165) is 0 Å². The van der Waals surface area contributed by atoms with Crippen LogP contribution in [0.25, 0.3) is 0 Å². The molecule has 0 aromatic heterocycles. The molecule has 2 rings (SSSR count). The number of hydrogen-bond acceptors (Lipinski definition) is 2. The van der Waals surface area contributed by atoms with Crippen LogP contribution in [0.3, 0.4) is 0 Å². The van der Waals surface area contributed by atoms with Crippen molar-refractivity contribution in [3.05, 3.63) is 58.6 Å². The van der Waals surface area contributed by atoms with Crippen LogP contribution in [-0.2, 0) is 0 Å². The van der Waals surface area contributed by atoms with E-state index in [1.54, 1.807) is 36.4 Å². The standard InChI is InChI=1S/C16H16Cl2N2O2/c17-12-6-1-3-8-14(12)20-16(21)19-10-5-11-22-15-9-4-2-7-13(15)18/h1-4,6-9H,5,10-11H2,(H2,19,20,21). The van der Waals surface area contributed by atoms with Crippen molar-refractivity contribution in [3.63, 3.8) is 0 Å². The molecule has 0 fully saturated rings. The third-order valence-electron chi connectivity index (χ3n) is 2.82. The summed E-state index contributed by atoms with van der Waals surface area (Å²) in [5.41, 5.74) is 0.578. The molecule has 2 aromatic rings. The summed E-state index contributed by atoms with van der Waals surface area (Å²) in [5.74, 6) is 0.643. The predicted octanol–water partition coefficient (Wildman–Crippen LogP) is 4.58. The Labute approximate surface area is 139 Å². The lowest BCUT2D eigenvalue weighted by Crippen LogP contribution is -2.30. The SMILES string of the molecule is O=C(NCCCOc1ccccc1Cl)Nc1ccccc1Cl. The highest BCUT2D eigenvalue weighted by molar-refractivity contribution is 6.33. The monoisotopic (exact) mass is 338 g/mol. The number of para-hydroxylation sites is 2. The molecule has 0 saturated heterocycles. The number of anilines is 1. The van der Waals surface area contributed by atoms with Crippen LogP contribution in [0.2, 0.25) is 10.0 Å².